The Morgan fingerprint density at radius 3 is 2.39 bits per heavy atom. The summed E-state index contributed by atoms with van der Waals surface area (Å²) in [6.45, 7) is -1.75. The topological polar surface area (TPSA) is 59.8 Å². The van der Waals surface area contributed by atoms with Crippen molar-refractivity contribution in [3.05, 3.63) is 41.9 Å². The van der Waals surface area contributed by atoms with Gasteiger partial charge in [0.2, 0.25) is 0 Å². The quantitative estimate of drug-likeness (QED) is 0.875. The highest BCUT2D eigenvalue weighted by Gasteiger charge is 2.41. The van der Waals surface area contributed by atoms with Gasteiger partial charge in [-0.1, -0.05) is 6.07 Å². The molecule has 0 radical (unpaired) electrons. The van der Waals surface area contributed by atoms with Crippen molar-refractivity contribution in [3.63, 3.8) is 0 Å². The summed E-state index contributed by atoms with van der Waals surface area (Å²) in [6.07, 6.45) is -8.01. The maximum absolute atomic E-state index is 13.2. The first-order valence-corrected chi connectivity index (χ1v) is 6.01. The molecule has 0 aromatic carbocycles. The van der Waals surface area contributed by atoms with Crippen molar-refractivity contribution in [2.45, 2.75) is 12.4 Å². The maximum Gasteiger partial charge on any atom is 0.434 e. The lowest BCUT2D eigenvalue weighted by Crippen LogP contribution is -2.34. The number of nitrogens with zero attached hydrogens (tertiary/aromatic N) is 3. The molecule has 0 bridgehead atoms. The van der Waals surface area contributed by atoms with Crippen molar-refractivity contribution in [1.29, 1.82) is 0 Å². The summed E-state index contributed by atoms with van der Waals surface area (Å²) in [4.78, 5) is 15.3. The van der Waals surface area contributed by atoms with Crippen LogP contribution in [0.1, 0.15) is 16.1 Å². The summed E-state index contributed by atoms with van der Waals surface area (Å²) in [7, 11) is 0. The molecule has 23 heavy (non-hydrogen) atoms. The number of nitrogens with one attached hydrogen (secondary N) is 1. The number of pyridine rings is 1. The van der Waals surface area contributed by atoms with Crippen LogP contribution in [0.15, 0.2) is 30.6 Å². The third kappa shape index (κ3) is 3.99. The monoisotopic (exact) mass is 338 g/mol. The first-order chi connectivity index (χ1) is 10.6. The highest BCUT2D eigenvalue weighted by atomic mass is 19.4. The Balaban J connectivity index is 2.42. The molecule has 5 nitrogen and oxygen atoms in total. The second-order valence-corrected chi connectivity index (χ2v) is 4.30. The summed E-state index contributed by atoms with van der Waals surface area (Å²) in [5.74, 6) is -1.76. The molecule has 0 aliphatic heterocycles. The van der Waals surface area contributed by atoms with Crippen LogP contribution in [0.2, 0.25) is 0 Å². The van der Waals surface area contributed by atoms with E-state index in [-0.39, 0.29) is 5.82 Å². The van der Waals surface area contributed by atoms with Crippen LogP contribution in [0.3, 0.4) is 0 Å². The molecule has 2 aromatic heterocycles. The largest absolute Gasteiger partial charge is 0.434 e. The van der Waals surface area contributed by atoms with Gasteiger partial charge in [0.05, 0.1) is 11.8 Å². The van der Waals surface area contributed by atoms with Crippen molar-refractivity contribution in [3.8, 4) is 5.82 Å². The van der Waals surface area contributed by atoms with Crippen LogP contribution < -0.4 is 5.32 Å². The van der Waals surface area contributed by atoms with Gasteiger partial charge in [0.15, 0.2) is 11.5 Å². The molecule has 0 saturated carbocycles. The van der Waals surface area contributed by atoms with E-state index in [2.05, 4.69) is 10.1 Å². The zero-order valence-electron chi connectivity index (χ0n) is 11.1. The number of amides is 1. The minimum atomic E-state index is -5.01. The fraction of sp³-hybridized carbons (Fsp3) is 0.250. The standard InChI is InChI=1S/C12H8F6N4O/c13-11(14,15)6-20-10(23)7-5-21-22(9(7)12(16,17)18)8-3-1-2-4-19-8/h1-5H,6H2,(H,20,23). The zero-order chi connectivity index (χ0) is 17.3. The lowest BCUT2D eigenvalue weighted by Gasteiger charge is -2.12. The number of carbonyl (C=O) groups excluding carboxylic acids is 1. The number of aromatic nitrogens is 3. The summed E-state index contributed by atoms with van der Waals surface area (Å²) >= 11 is 0. The van der Waals surface area contributed by atoms with E-state index in [0.717, 1.165) is 0 Å². The van der Waals surface area contributed by atoms with Crippen molar-refractivity contribution < 1.29 is 31.1 Å². The van der Waals surface area contributed by atoms with Gasteiger partial charge in [0, 0.05) is 6.20 Å². The van der Waals surface area contributed by atoms with E-state index < -0.39 is 36.1 Å². The van der Waals surface area contributed by atoms with Gasteiger partial charge in [-0.25, -0.2) is 9.67 Å². The van der Waals surface area contributed by atoms with Crippen molar-refractivity contribution in [2.24, 2.45) is 0 Å². The average molecular weight is 338 g/mol. The van der Waals surface area contributed by atoms with E-state index in [4.69, 9.17) is 0 Å². The van der Waals surface area contributed by atoms with Crippen LogP contribution >= 0.6 is 0 Å². The van der Waals surface area contributed by atoms with Crippen LogP contribution in [-0.4, -0.2) is 33.4 Å². The number of carbonyl (C=O) groups is 1. The van der Waals surface area contributed by atoms with E-state index >= 15 is 0 Å². The highest BCUT2D eigenvalue weighted by Crippen LogP contribution is 2.33. The van der Waals surface area contributed by atoms with Crippen LogP contribution in [0.4, 0.5) is 26.3 Å². The normalized spacial score (nSPS) is 12.3. The van der Waals surface area contributed by atoms with Crippen LogP contribution in [0.5, 0.6) is 0 Å². The molecular formula is C12H8F6N4O. The predicted molar refractivity (Wildman–Crippen MR) is 64.7 cm³/mol. The third-order valence-electron chi connectivity index (χ3n) is 2.60. The van der Waals surface area contributed by atoms with Crippen molar-refractivity contribution in [2.75, 3.05) is 6.54 Å². The van der Waals surface area contributed by atoms with Crippen molar-refractivity contribution >= 4 is 5.91 Å². The van der Waals surface area contributed by atoms with E-state index in [1.165, 1.54) is 29.7 Å². The fourth-order valence-electron chi connectivity index (χ4n) is 1.72. The predicted octanol–water partition coefficient (Wildman–Crippen LogP) is 2.58. The van der Waals surface area contributed by atoms with Crippen LogP contribution in [0.25, 0.3) is 5.82 Å². The summed E-state index contributed by atoms with van der Waals surface area (Å²) in [5, 5.41) is 4.79. The van der Waals surface area contributed by atoms with Crippen LogP contribution in [0, 0.1) is 0 Å². The Morgan fingerprint density at radius 2 is 1.87 bits per heavy atom. The van der Waals surface area contributed by atoms with Gasteiger partial charge < -0.3 is 5.32 Å². The molecule has 11 heteroatoms. The lowest BCUT2D eigenvalue weighted by atomic mass is 10.2. The van der Waals surface area contributed by atoms with E-state index in [1.807, 2.05) is 0 Å². The van der Waals surface area contributed by atoms with E-state index in [9.17, 15) is 31.1 Å². The number of hydrogen-bond acceptors (Lipinski definition) is 3. The Hall–Kier alpha value is -2.59. The smallest absolute Gasteiger partial charge is 0.343 e. The molecule has 2 rings (SSSR count). The van der Waals surface area contributed by atoms with E-state index in [1.54, 1.807) is 0 Å². The van der Waals surface area contributed by atoms with Gasteiger partial charge in [-0.15, -0.1) is 0 Å². The maximum atomic E-state index is 13.2. The summed E-state index contributed by atoms with van der Waals surface area (Å²) < 4.78 is 76.1. The molecule has 0 saturated heterocycles. The summed E-state index contributed by atoms with van der Waals surface area (Å²) in [6, 6.07) is 4.06. The molecule has 0 fully saturated rings. The van der Waals surface area contributed by atoms with Gasteiger partial charge in [-0.05, 0) is 12.1 Å². The Labute approximate surface area is 124 Å². The SMILES string of the molecule is O=C(NCC(F)(F)F)c1cnn(-c2ccccn2)c1C(F)(F)F. The minimum Gasteiger partial charge on any atom is -0.343 e. The fourth-order valence-corrected chi connectivity index (χ4v) is 1.72. The van der Waals surface area contributed by atoms with Gasteiger partial charge in [-0.3, -0.25) is 4.79 Å². The van der Waals surface area contributed by atoms with Gasteiger partial charge in [0.1, 0.15) is 6.54 Å². The minimum absolute atomic E-state index is 0.227. The molecule has 0 aliphatic rings. The highest BCUT2D eigenvalue weighted by molar-refractivity contribution is 5.95. The molecule has 124 valence electrons. The summed E-state index contributed by atoms with van der Waals surface area (Å²) in [5.41, 5.74) is -2.52. The second-order valence-electron chi connectivity index (χ2n) is 4.30. The van der Waals surface area contributed by atoms with Gasteiger partial charge >= 0.3 is 12.4 Å². The molecule has 1 N–H and O–H groups in total. The number of hydrogen-bond donors (Lipinski definition) is 1. The number of halogens is 6. The van der Waals surface area contributed by atoms with Crippen LogP contribution in [-0.2, 0) is 6.18 Å². The molecule has 0 unspecified atom stereocenters. The second kappa shape index (κ2) is 5.89. The Bertz CT molecular complexity index is 692. The molecule has 0 aliphatic carbocycles. The average Bonchev–Trinajstić information content (AvgIpc) is 2.90. The number of alkyl halides is 6. The molecule has 2 heterocycles. The Morgan fingerprint density at radius 1 is 1.17 bits per heavy atom. The van der Waals surface area contributed by atoms with Crippen molar-refractivity contribution in [1.82, 2.24) is 20.1 Å². The number of rotatable bonds is 3. The Kier molecular flexibility index (Phi) is 4.30. The molecular weight excluding hydrogens is 330 g/mol. The molecule has 2 aromatic rings. The third-order valence-corrected chi connectivity index (χ3v) is 2.60. The zero-order valence-corrected chi connectivity index (χ0v) is 11.1. The first kappa shape index (κ1) is 16.8. The molecule has 0 spiro atoms. The lowest BCUT2D eigenvalue weighted by molar-refractivity contribution is -0.143. The molecule has 0 atom stereocenters. The van der Waals surface area contributed by atoms with Gasteiger partial charge in [0.25, 0.3) is 5.91 Å². The first-order valence-electron chi connectivity index (χ1n) is 6.01. The van der Waals surface area contributed by atoms with E-state index in [0.29, 0.717) is 10.9 Å². The van der Waals surface area contributed by atoms with Gasteiger partial charge in [-0.2, -0.15) is 31.4 Å². The molecule has 1 amide bonds.